The average molecular weight is 535 g/mol. The standard InChI is InChI=1S/C38H78/c1-6-8-9-10-11-12-13-14-15-16-17-18-19-20-21-22-24-27-31-37(4)32-28-25-23-26-29-33-38(5)35-30-34-36(3)7-2/h36-38H,6-35H2,1-5H3. The highest BCUT2D eigenvalue weighted by atomic mass is 14.1. The van der Waals surface area contributed by atoms with Gasteiger partial charge in [0.1, 0.15) is 0 Å². The monoisotopic (exact) mass is 535 g/mol. The molecule has 0 N–H and O–H groups in total. The van der Waals surface area contributed by atoms with E-state index in [9.17, 15) is 0 Å². The summed E-state index contributed by atoms with van der Waals surface area (Å²) < 4.78 is 0. The van der Waals surface area contributed by atoms with E-state index in [0.29, 0.717) is 0 Å². The number of unbranched alkanes of at least 4 members (excludes halogenated alkanes) is 21. The molecule has 0 nitrogen and oxygen atoms in total. The fourth-order valence-electron chi connectivity index (χ4n) is 6.22. The highest BCUT2D eigenvalue weighted by Gasteiger charge is 2.05. The van der Waals surface area contributed by atoms with Crippen LogP contribution in [0.5, 0.6) is 0 Å². The smallest absolute Gasteiger partial charge is 0.0443 e. The minimum atomic E-state index is 0.934. The van der Waals surface area contributed by atoms with Gasteiger partial charge in [0, 0.05) is 0 Å². The average Bonchev–Trinajstić information content (AvgIpc) is 2.91. The fourth-order valence-corrected chi connectivity index (χ4v) is 6.22. The third-order valence-electron chi connectivity index (χ3n) is 9.54. The Morgan fingerprint density at radius 3 is 0.789 bits per heavy atom. The minimum Gasteiger partial charge on any atom is -0.0654 e. The van der Waals surface area contributed by atoms with Gasteiger partial charge in [-0.2, -0.15) is 0 Å². The molecule has 0 spiro atoms. The highest BCUT2D eigenvalue weighted by Crippen LogP contribution is 2.22. The zero-order valence-electron chi connectivity index (χ0n) is 27.9. The summed E-state index contributed by atoms with van der Waals surface area (Å²) in [6, 6.07) is 0. The second kappa shape index (κ2) is 31.5. The Morgan fingerprint density at radius 1 is 0.263 bits per heavy atom. The largest absolute Gasteiger partial charge is 0.0654 e. The quantitative estimate of drug-likeness (QED) is 0.0752. The summed E-state index contributed by atoms with van der Waals surface area (Å²) in [5.74, 6) is 2.85. The van der Waals surface area contributed by atoms with Crippen LogP contribution >= 0.6 is 0 Å². The molecule has 0 rings (SSSR count). The van der Waals surface area contributed by atoms with Crippen molar-refractivity contribution in [2.24, 2.45) is 17.8 Å². The molecule has 0 radical (unpaired) electrons. The van der Waals surface area contributed by atoms with Crippen LogP contribution in [-0.2, 0) is 0 Å². The molecule has 0 fully saturated rings. The van der Waals surface area contributed by atoms with Gasteiger partial charge < -0.3 is 0 Å². The van der Waals surface area contributed by atoms with Crippen LogP contribution in [0.3, 0.4) is 0 Å². The van der Waals surface area contributed by atoms with Crippen molar-refractivity contribution < 1.29 is 0 Å². The van der Waals surface area contributed by atoms with Gasteiger partial charge in [-0.15, -0.1) is 0 Å². The number of hydrogen-bond donors (Lipinski definition) is 0. The van der Waals surface area contributed by atoms with Gasteiger partial charge >= 0.3 is 0 Å². The molecule has 0 aliphatic carbocycles. The molecule has 0 aliphatic heterocycles. The first-order chi connectivity index (χ1) is 18.6. The molecule has 0 aromatic heterocycles. The first kappa shape index (κ1) is 38.0. The molecule has 230 valence electrons. The molecule has 0 aromatic carbocycles. The maximum Gasteiger partial charge on any atom is -0.0443 e. The van der Waals surface area contributed by atoms with Gasteiger partial charge in [-0.25, -0.2) is 0 Å². The van der Waals surface area contributed by atoms with E-state index in [1.165, 1.54) is 193 Å². The van der Waals surface area contributed by atoms with Crippen molar-refractivity contribution in [2.75, 3.05) is 0 Å². The highest BCUT2D eigenvalue weighted by molar-refractivity contribution is 4.59. The maximum atomic E-state index is 2.51. The van der Waals surface area contributed by atoms with Crippen LogP contribution < -0.4 is 0 Å². The van der Waals surface area contributed by atoms with Gasteiger partial charge in [0.15, 0.2) is 0 Å². The molecule has 0 amide bonds. The molecule has 0 aliphatic rings. The Bertz CT molecular complexity index is 412. The summed E-state index contributed by atoms with van der Waals surface area (Å²) in [5, 5.41) is 0. The fraction of sp³-hybridized carbons (Fsp3) is 1.00. The predicted octanol–water partition coefficient (Wildman–Crippen LogP) is 14.6. The summed E-state index contributed by atoms with van der Waals surface area (Å²) in [6.45, 7) is 12.0. The van der Waals surface area contributed by atoms with E-state index < -0.39 is 0 Å². The molecule has 3 unspecified atom stereocenters. The molecule has 3 atom stereocenters. The topological polar surface area (TPSA) is 0 Å². The van der Waals surface area contributed by atoms with Crippen molar-refractivity contribution in [1.29, 1.82) is 0 Å². The Morgan fingerprint density at radius 2 is 0.500 bits per heavy atom. The van der Waals surface area contributed by atoms with Crippen molar-refractivity contribution in [2.45, 2.75) is 227 Å². The molecule has 0 saturated heterocycles. The van der Waals surface area contributed by atoms with E-state index in [0.717, 1.165) is 17.8 Å². The number of rotatable bonds is 32. The lowest BCUT2D eigenvalue weighted by Crippen LogP contribution is -1.98. The van der Waals surface area contributed by atoms with Gasteiger partial charge in [0.2, 0.25) is 0 Å². The van der Waals surface area contributed by atoms with Gasteiger partial charge in [0.25, 0.3) is 0 Å². The van der Waals surface area contributed by atoms with Crippen molar-refractivity contribution >= 4 is 0 Å². The summed E-state index contributed by atoms with van der Waals surface area (Å²) in [7, 11) is 0. The second-order valence-electron chi connectivity index (χ2n) is 13.8. The first-order valence-electron chi connectivity index (χ1n) is 18.6. The number of hydrogen-bond acceptors (Lipinski definition) is 0. The van der Waals surface area contributed by atoms with Crippen LogP contribution in [0.2, 0.25) is 0 Å². The molecule has 38 heavy (non-hydrogen) atoms. The first-order valence-corrected chi connectivity index (χ1v) is 18.6. The summed E-state index contributed by atoms with van der Waals surface area (Å²) in [4.78, 5) is 0. The molecule has 0 aromatic rings. The van der Waals surface area contributed by atoms with Gasteiger partial charge in [-0.05, 0) is 17.8 Å². The van der Waals surface area contributed by atoms with E-state index >= 15 is 0 Å². The zero-order chi connectivity index (χ0) is 27.9. The van der Waals surface area contributed by atoms with Crippen molar-refractivity contribution in [3.05, 3.63) is 0 Å². The molecule has 0 heterocycles. The Kier molecular flexibility index (Phi) is 31.5. The molecular weight excluding hydrogens is 456 g/mol. The summed E-state index contributed by atoms with van der Waals surface area (Å²) in [6.07, 6.45) is 44.1. The van der Waals surface area contributed by atoms with Gasteiger partial charge in [-0.1, -0.05) is 227 Å². The van der Waals surface area contributed by atoms with E-state index in [2.05, 4.69) is 34.6 Å². The zero-order valence-corrected chi connectivity index (χ0v) is 27.9. The van der Waals surface area contributed by atoms with Crippen LogP contribution in [0.25, 0.3) is 0 Å². The molecule has 0 heteroatoms. The Labute approximate surface area is 244 Å². The van der Waals surface area contributed by atoms with E-state index in [4.69, 9.17) is 0 Å². The normalized spacial score (nSPS) is 14.1. The van der Waals surface area contributed by atoms with E-state index in [1.807, 2.05) is 0 Å². The summed E-state index contributed by atoms with van der Waals surface area (Å²) >= 11 is 0. The molecule has 0 saturated carbocycles. The Hall–Kier alpha value is 0. The van der Waals surface area contributed by atoms with Crippen LogP contribution in [0.15, 0.2) is 0 Å². The van der Waals surface area contributed by atoms with E-state index in [1.54, 1.807) is 0 Å². The Balaban J connectivity index is 3.22. The SMILES string of the molecule is CCCCCCCCCCCCCCCCCCCCC(C)CCCCCCCC(C)CCCC(C)CC. The van der Waals surface area contributed by atoms with Crippen LogP contribution in [0, 0.1) is 17.8 Å². The summed E-state index contributed by atoms with van der Waals surface area (Å²) in [5.41, 5.74) is 0. The van der Waals surface area contributed by atoms with Crippen molar-refractivity contribution in [3.63, 3.8) is 0 Å². The van der Waals surface area contributed by atoms with Crippen molar-refractivity contribution in [3.8, 4) is 0 Å². The lowest BCUT2D eigenvalue weighted by atomic mass is 9.93. The van der Waals surface area contributed by atoms with Crippen LogP contribution in [0.1, 0.15) is 227 Å². The third-order valence-corrected chi connectivity index (χ3v) is 9.54. The molecular formula is C38H78. The van der Waals surface area contributed by atoms with Gasteiger partial charge in [-0.3, -0.25) is 0 Å². The maximum absolute atomic E-state index is 2.51. The second-order valence-corrected chi connectivity index (χ2v) is 13.8. The van der Waals surface area contributed by atoms with Crippen molar-refractivity contribution in [1.82, 2.24) is 0 Å². The van der Waals surface area contributed by atoms with Crippen LogP contribution in [-0.4, -0.2) is 0 Å². The predicted molar refractivity (Wildman–Crippen MR) is 177 cm³/mol. The third kappa shape index (κ3) is 30.5. The molecule has 0 bridgehead atoms. The minimum absolute atomic E-state index is 0.934. The lowest BCUT2D eigenvalue weighted by molar-refractivity contribution is 0.401. The van der Waals surface area contributed by atoms with E-state index in [-0.39, 0.29) is 0 Å². The van der Waals surface area contributed by atoms with Crippen LogP contribution in [0.4, 0.5) is 0 Å². The lowest BCUT2D eigenvalue weighted by Gasteiger charge is -2.13. The van der Waals surface area contributed by atoms with Gasteiger partial charge in [0.05, 0.1) is 0 Å².